The molecule has 118 valence electrons. The third kappa shape index (κ3) is 4.16. The first kappa shape index (κ1) is 16.7. The summed E-state index contributed by atoms with van der Waals surface area (Å²) in [5.74, 6) is 2.37. The van der Waals surface area contributed by atoms with E-state index in [9.17, 15) is 0 Å². The molecule has 21 heavy (non-hydrogen) atoms. The van der Waals surface area contributed by atoms with Crippen LogP contribution in [0.15, 0.2) is 18.2 Å². The molecule has 0 aliphatic carbocycles. The number of para-hydroxylation sites is 1. The van der Waals surface area contributed by atoms with Gasteiger partial charge in [-0.2, -0.15) is 0 Å². The number of benzene rings is 1. The zero-order valence-electron chi connectivity index (χ0n) is 12.6. The fraction of sp³-hybridized carbons (Fsp3) is 0.625. The maximum Gasteiger partial charge on any atom is 0.203 e. The maximum absolute atomic E-state index is 5.95. The van der Waals surface area contributed by atoms with Crippen LogP contribution in [0.5, 0.6) is 17.2 Å². The van der Waals surface area contributed by atoms with E-state index in [4.69, 9.17) is 14.2 Å². The van der Waals surface area contributed by atoms with Crippen LogP contribution >= 0.6 is 0 Å². The van der Waals surface area contributed by atoms with Crippen molar-refractivity contribution < 1.29 is 42.7 Å². The van der Waals surface area contributed by atoms with E-state index < -0.39 is 0 Å². The largest absolute Gasteiger partial charge is 1.00 e. The van der Waals surface area contributed by atoms with Gasteiger partial charge in [0.25, 0.3) is 0 Å². The summed E-state index contributed by atoms with van der Waals surface area (Å²) < 4.78 is 18.3. The second-order valence-corrected chi connectivity index (χ2v) is 5.98. The average molecular weight is 405 g/mol. The van der Waals surface area contributed by atoms with Gasteiger partial charge in [0.15, 0.2) is 11.5 Å². The molecule has 0 atom stereocenters. The lowest BCUT2D eigenvalue weighted by Gasteiger charge is -2.37. The highest BCUT2D eigenvalue weighted by molar-refractivity contribution is 5.51. The summed E-state index contributed by atoms with van der Waals surface area (Å²) in [5, 5.41) is 0. The number of likely N-dealkylation sites (N-methyl/N-ethyl adjacent to an activating group) is 1. The Morgan fingerprint density at radius 2 is 1.86 bits per heavy atom. The number of ether oxygens (including phenoxy) is 3. The van der Waals surface area contributed by atoms with Crippen molar-refractivity contribution >= 4 is 0 Å². The van der Waals surface area contributed by atoms with E-state index in [1.165, 1.54) is 32.4 Å². The number of halogens is 1. The number of rotatable bonds is 4. The first-order chi connectivity index (χ1) is 9.77. The summed E-state index contributed by atoms with van der Waals surface area (Å²) in [5.41, 5.74) is 0. The fourth-order valence-corrected chi connectivity index (χ4v) is 3.04. The first-order valence-electron chi connectivity index (χ1n) is 7.62. The molecule has 5 heteroatoms. The predicted octanol–water partition coefficient (Wildman–Crippen LogP) is -0.529. The molecule has 2 heterocycles. The summed E-state index contributed by atoms with van der Waals surface area (Å²) in [6, 6.07) is 5.85. The zero-order chi connectivity index (χ0) is 13.8. The highest BCUT2D eigenvalue weighted by Gasteiger charge is 2.25. The molecule has 2 aliphatic rings. The van der Waals surface area contributed by atoms with Crippen molar-refractivity contribution in [3.8, 4) is 17.2 Å². The molecular formula is C16H24INO3. The Kier molecular flexibility index (Phi) is 5.98. The number of quaternary nitrogens is 1. The van der Waals surface area contributed by atoms with Gasteiger partial charge in [-0.1, -0.05) is 6.07 Å². The molecule has 0 unspecified atom stereocenters. The van der Waals surface area contributed by atoms with Gasteiger partial charge >= 0.3 is 0 Å². The Balaban J connectivity index is 0.00000161. The Labute approximate surface area is 144 Å². The quantitative estimate of drug-likeness (QED) is 0.498. The normalized spacial score (nSPS) is 19.5. The standard InChI is InChI=1S/C16H24NO3.HI/c1-17(8-3-2-4-9-17)10-11-18-14-6-5-7-15-16(14)20-13-12-19-15;/h5-7H,2-4,8-13H2,1H3;1H/q+1;/p-1. The summed E-state index contributed by atoms with van der Waals surface area (Å²) in [7, 11) is 2.34. The third-order valence-corrected chi connectivity index (χ3v) is 4.31. The number of hydrogen-bond donors (Lipinski definition) is 0. The van der Waals surface area contributed by atoms with Crippen LogP contribution in [0.4, 0.5) is 0 Å². The van der Waals surface area contributed by atoms with Crippen LogP contribution in [0.25, 0.3) is 0 Å². The van der Waals surface area contributed by atoms with Gasteiger partial charge in [0, 0.05) is 0 Å². The summed E-state index contributed by atoms with van der Waals surface area (Å²) >= 11 is 0. The molecule has 1 fully saturated rings. The average Bonchev–Trinajstić information content (AvgIpc) is 2.48. The van der Waals surface area contributed by atoms with E-state index in [0.717, 1.165) is 34.9 Å². The monoisotopic (exact) mass is 405 g/mol. The van der Waals surface area contributed by atoms with Crippen LogP contribution in [0, 0.1) is 0 Å². The second-order valence-electron chi connectivity index (χ2n) is 5.98. The predicted molar refractivity (Wildman–Crippen MR) is 77.6 cm³/mol. The minimum absolute atomic E-state index is 0. The van der Waals surface area contributed by atoms with Gasteiger partial charge in [0.1, 0.15) is 26.4 Å². The molecule has 3 rings (SSSR count). The fourth-order valence-electron chi connectivity index (χ4n) is 3.04. The Morgan fingerprint density at radius 3 is 2.67 bits per heavy atom. The van der Waals surface area contributed by atoms with E-state index in [1.54, 1.807) is 0 Å². The van der Waals surface area contributed by atoms with E-state index >= 15 is 0 Å². The molecule has 0 radical (unpaired) electrons. The highest BCUT2D eigenvalue weighted by Crippen LogP contribution is 2.38. The van der Waals surface area contributed by atoms with Gasteiger partial charge in [0.05, 0.1) is 20.1 Å². The van der Waals surface area contributed by atoms with Gasteiger partial charge in [-0.15, -0.1) is 0 Å². The molecule has 1 saturated heterocycles. The Hall–Kier alpha value is -0.690. The molecule has 0 saturated carbocycles. The maximum atomic E-state index is 5.95. The van der Waals surface area contributed by atoms with Crippen LogP contribution < -0.4 is 38.2 Å². The zero-order valence-corrected chi connectivity index (χ0v) is 14.8. The summed E-state index contributed by atoms with van der Waals surface area (Å²) in [4.78, 5) is 0. The van der Waals surface area contributed by atoms with Crippen LogP contribution in [-0.2, 0) is 0 Å². The molecule has 0 aromatic heterocycles. The number of likely N-dealkylation sites (tertiary alicyclic amines) is 1. The van der Waals surface area contributed by atoms with E-state index in [0.29, 0.717) is 13.2 Å². The molecular weight excluding hydrogens is 381 g/mol. The minimum atomic E-state index is 0. The van der Waals surface area contributed by atoms with Crippen molar-refractivity contribution in [2.24, 2.45) is 0 Å². The van der Waals surface area contributed by atoms with Crippen LogP contribution in [-0.4, -0.2) is 51.0 Å². The van der Waals surface area contributed by atoms with Crippen molar-refractivity contribution in [1.29, 1.82) is 0 Å². The van der Waals surface area contributed by atoms with Crippen molar-refractivity contribution in [3.05, 3.63) is 18.2 Å². The molecule has 0 bridgehead atoms. The van der Waals surface area contributed by atoms with E-state index in [-0.39, 0.29) is 24.0 Å². The number of fused-ring (bicyclic) bond motifs is 1. The molecule has 1 aromatic rings. The number of nitrogens with zero attached hydrogens (tertiary/aromatic N) is 1. The molecule has 2 aliphatic heterocycles. The molecule has 0 spiro atoms. The number of hydrogen-bond acceptors (Lipinski definition) is 3. The molecule has 4 nitrogen and oxygen atoms in total. The molecule has 0 N–H and O–H groups in total. The Bertz CT molecular complexity index is 461. The minimum Gasteiger partial charge on any atom is -1.00 e. The summed E-state index contributed by atoms with van der Waals surface area (Å²) in [6.45, 7) is 5.55. The van der Waals surface area contributed by atoms with E-state index in [2.05, 4.69) is 7.05 Å². The van der Waals surface area contributed by atoms with Crippen molar-refractivity contribution in [2.45, 2.75) is 19.3 Å². The third-order valence-electron chi connectivity index (χ3n) is 4.31. The van der Waals surface area contributed by atoms with Gasteiger partial charge < -0.3 is 42.7 Å². The first-order valence-corrected chi connectivity index (χ1v) is 7.62. The lowest BCUT2D eigenvalue weighted by atomic mass is 10.1. The van der Waals surface area contributed by atoms with Crippen molar-refractivity contribution in [3.63, 3.8) is 0 Å². The second kappa shape index (κ2) is 7.54. The lowest BCUT2D eigenvalue weighted by Crippen LogP contribution is -3.00. The topological polar surface area (TPSA) is 27.7 Å². The van der Waals surface area contributed by atoms with Crippen LogP contribution in [0.3, 0.4) is 0 Å². The van der Waals surface area contributed by atoms with Crippen LogP contribution in [0.2, 0.25) is 0 Å². The molecule has 1 aromatic carbocycles. The van der Waals surface area contributed by atoms with Gasteiger partial charge in [-0.05, 0) is 31.4 Å². The van der Waals surface area contributed by atoms with E-state index in [1.807, 2.05) is 18.2 Å². The molecule has 0 amide bonds. The van der Waals surface area contributed by atoms with Gasteiger partial charge in [-0.25, -0.2) is 0 Å². The van der Waals surface area contributed by atoms with Gasteiger partial charge in [0.2, 0.25) is 5.75 Å². The van der Waals surface area contributed by atoms with Gasteiger partial charge in [-0.3, -0.25) is 0 Å². The SMILES string of the molecule is C[N+]1(CCOc2cccc3c2OCCO3)CCCCC1.[I-]. The highest BCUT2D eigenvalue weighted by atomic mass is 127. The smallest absolute Gasteiger partial charge is 0.203 e. The summed E-state index contributed by atoms with van der Waals surface area (Å²) in [6.07, 6.45) is 4.06. The van der Waals surface area contributed by atoms with Crippen molar-refractivity contribution in [1.82, 2.24) is 0 Å². The lowest BCUT2D eigenvalue weighted by molar-refractivity contribution is -0.914. The number of piperidine rings is 1. The van der Waals surface area contributed by atoms with Crippen LogP contribution in [0.1, 0.15) is 19.3 Å². The van der Waals surface area contributed by atoms with Crippen molar-refractivity contribution in [2.75, 3.05) is 46.5 Å². The Morgan fingerprint density at radius 1 is 1.10 bits per heavy atom.